The number of benzene rings is 3. The third kappa shape index (κ3) is 6.48. The molecule has 0 aliphatic heterocycles. The average molecular weight is 603 g/mol. The number of nitrogens with one attached hydrogen (secondary N) is 2. The van der Waals surface area contributed by atoms with Crippen molar-refractivity contribution in [3.05, 3.63) is 112 Å². The van der Waals surface area contributed by atoms with Gasteiger partial charge >= 0.3 is 5.97 Å². The summed E-state index contributed by atoms with van der Waals surface area (Å²) in [6, 6.07) is 19.1. The molecule has 5 rings (SSSR count). The van der Waals surface area contributed by atoms with Crippen molar-refractivity contribution in [3.8, 4) is 16.9 Å². The zero-order valence-corrected chi connectivity index (χ0v) is 23.7. The number of nitrogen functional groups attached to an aromatic ring is 1. The fourth-order valence-corrected chi connectivity index (χ4v) is 4.73. The van der Waals surface area contributed by atoms with Crippen molar-refractivity contribution >= 4 is 46.8 Å². The summed E-state index contributed by atoms with van der Waals surface area (Å²) < 4.78 is 6.30. The number of halogens is 2. The maximum atomic E-state index is 13.2. The quantitative estimate of drug-likeness (QED) is 0.123. The number of ether oxygens (including phenoxy) is 1. The van der Waals surface area contributed by atoms with Gasteiger partial charge in [0, 0.05) is 27.9 Å². The highest BCUT2D eigenvalue weighted by Crippen LogP contribution is 2.31. The second kappa shape index (κ2) is 12.7. The number of hydrogen-bond donors (Lipinski definition) is 3. The van der Waals surface area contributed by atoms with Gasteiger partial charge < -0.3 is 20.8 Å². The van der Waals surface area contributed by atoms with Crippen LogP contribution >= 0.6 is 23.2 Å². The van der Waals surface area contributed by atoms with Gasteiger partial charge in [0.25, 0.3) is 0 Å². The second-order valence-electron chi connectivity index (χ2n) is 9.12. The first-order valence-corrected chi connectivity index (χ1v) is 13.4. The first-order chi connectivity index (χ1) is 20.3. The average Bonchev–Trinajstić information content (AvgIpc) is 3.66. The highest BCUT2D eigenvalue weighted by atomic mass is 35.5. The summed E-state index contributed by atoms with van der Waals surface area (Å²) >= 11 is 12.8. The Morgan fingerprint density at radius 1 is 1.12 bits per heavy atom. The van der Waals surface area contributed by atoms with Crippen LogP contribution in [0.1, 0.15) is 33.4 Å². The zero-order valence-electron chi connectivity index (χ0n) is 22.2. The third-order valence-electron chi connectivity index (χ3n) is 6.34. The summed E-state index contributed by atoms with van der Waals surface area (Å²) in [6.07, 6.45) is 4.89. The highest BCUT2D eigenvalue weighted by molar-refractivity contribution is 6.32. The topological polar surface area (TPSA) is 154 Å². The number of anilines is 1. The molecule has 0 unspecified atom stereocenters. The van der Waals surface area contributed by atoms with E-state index < -0.39 is 12.0 Å². The van der Waals surface area contributed by atoms with Gasteiger partial charge in [-0.25, -0.2) is 9.78 Å². The summed E-state index contributed by atoms with van der Waals surface area (Å²) in [7, 11) is 1.28. The molecule has 212 valence electrons. The number of carbonyl (C=O) groups is 2. The number of aromatic amines is 1. The van der Waals surface area contributed by atoms with Crippen LogP contribution in [0.5, 0.6) is 0 Å². The summed E-state index contributed by atoms with van der Waals surface area (Å²) in [5, 5.41) is 15.0. The molecule has 11 nitrogen and oxygen atoms in total. The maximum Gasteiger partial charge on any atom is 0.339 e. The largest absolute Gasteiger partial charge is 0.465 e. The van der Waals surface area contributed by atoms with Crippen LogP contribution in [-0.4, -0.2) is 49.2 Å². The number of esters is 1. The summed E-state index contributed by atoms with van der Waals surface area (Å²) in [5.74, 6) is -0.535. The number of methoxy groups -OCH3 is 1. The van der Waals surface area contributed by atoms with Crippen molar-refractivity contribution in [2.45, 2.75) is 12.5 Å². The molecule has 0 saturated heterocycles. The molecule has 42 heavy (non-hydrogen) atoms. The molecule has 4 N–H and O–H groups in total. The summed E-state index contributed by atoms with van der Waals surface area (Å²) in [6.45, 7) is 0. The Kier molecular flexibility index (Phi) is 8.60. The lowest BCUT2D eigenvalue weighted by Crippen LogP contribution is -2.29. The summed E-state index contributed by atoms with van der Waals surface area (Å²) in [4.78, 5) is 33.2. The van der Waals surface area contributed by atoms with E-state index in [9.17, 15) is 9.59 Å². The number of aromatic nitrogens is 6. The minimum Gasteiger partial charge on any atom is -0.465 e. The van der Waals surface area contributed by atoms with Gasteiger partial charge in [0.1, 0.15) is 23.0 Å². The molecule has 2 aromatic heterocycles. The van der Waals surface area contributed by atoms with Crippen molar-refractivity contribution in [3.63, 3.8) is 0 Å². The van der Waals surface area contributed by atoms with E-state index in [-0.39, 0.29) is 22.3 Å². The molecule has 0 spiro atoms. The molecule has 0 aliphatic carbocycles. The minimum atomic E-state index is -0.581. The molecule has 5 aromatic rings. The van der Waals surface area contributed by atoms with Crippen LogP contribution in [0.3, 0.4) is 0 Å². The number of rotatable bonds is 9. The number of carbonyl (C=O) groups excluding carboxylic acids is 2. The van der Waals surface area contributed by atoms with Crippen molar-refractivity contribution in [2.75, 3.05) is 12.8 Å². The van der Waals surface area contributed by atoms with E-state index in [1.807, 2.05) is 30.3 Å². The van der Waals surface area contributed by atoms with Gasteiger partial charge in [-0.2, -0.15) is 4.68 Å². The molecule has 0 bridgehead atoms. The van der Waals surface area contributed by atoms with E-state index >= 15 is 0 Å². The Morgan fingerprint density at radius 2 is 1.93 bits per heavy atom. The Hall–Kier alpha value is -5.00. The lowest BCUT2D eigenvalue weighted by atomic mass is 10.0. The van der Waals surface area contributed by atoms with Crippen LogP contribution in [-0.2, 0) is 16.0 Å². The van der Waals surface area contributed by atoms with Gasteiger partial charge in [-0.1, -0.05) is 59.6 Å². The van der Waals surface area contributed by atoms with Gasteiger partial charge in [0.05, 0.1) is 24.4 Å². The lowest BCUT2D eigenvalue weighted by Gasteiger charge is -2.16. The number of nitrogens with zero attached hydrogens (tertiary/aromatic N) is 5. The molecule has 2 heterocycles. The molecule has 0 radical (unpaired) electrons. The monoisotopic (exact) mass is 602 g/mol. The Bertz CT molecular complexity index is 1750. The molecule has 1 atom stereocenters. The van der Waals surface area contributed by atoms with E-state index in [2.05, 4.69) is 25.8 Å². The zero-order chi connectivity index (χ0) is 29.6. The van der Waals surface area contributed by atoms with E-state index in [4.69, 9.17) is 38.7 Å². The molecule has 0 saturated carbocycles. The second-order valence-corrected chi connectivity index (χ2v) is 9.93. The van der Waals surface area contributed by atoms with Crippen LogP contribution in [0.15, 0.2) is 79.1 Å². The van der Waals surface area contributed by atoms with Gasteiger partial charge in [-0.05, 0) is 58.8 Å². The van der Waals surface area contributed by atoms with Crippen LogP contribution in [0.4, 0.5) is 5.69 Å². The van der Waals surface area contributed by atoms with E-state index in [1.165, 1.54) is 24.2 Å². The van der Waals surface area contributed by atoms with Crippen molar-refractivity contribution in [1.82, 2.24) is 35.5 Å². The number of hydrogen-bond acceptors (Lipinski definition) is 8. The maximum absolute atomic E-state index is 13.2. The van der Waals surface area contributed by atoms with Crippen molar-refractivity contribution in [1.29, 1.82) is 0 Å². The standard InChI is InChI=1S/C29H24Cl2N8O3/c1-42-29(41)21-15-19(7-10-22(21)32)26-27(31)36-28(35-26)23(13-17-5-3-2-4-6-17)34-25(40)12-8-18-14-20(30)9-11-24(18)39-16-33-37-38-39/h2-12,14-16,23H,13,32H2,1H3,(H,34,40)(H,35,36)/t23-/m0/s1. The number of amides is 1. The minimum absolute atomic E-state index is 0.192. The molecular weight excluding hydrogens is 579 g/mol. The number of nitrogens with two attached hydrogens (primary N) is 1. The smallest absolute Gasteiger partial charge is 0.339 e. The Labute approximate surface area is 250 Å². The number of imidazole rings is 1. The molecule has 1 amide bonds. The van der Waals surface area contributed by atoms with Crippen LogP contribution in [0.2, 0.25) is 10.2 Å². The fourth-order valence-electron chi connectivity index (χ4n) is 4.31. The highest BCUT2D eigenvalue weighted by Gasteiger charge is 2.22. The fraction of sp³-hybridized carbons (Fsp3) is 0.103. The Morgan fingerprint density at radius 3 is 2.67 bits per heavy atom. The SMILES string of the molecule is COC(=O)c1cc(-c2nc([C@H](Cc3ccccc3)NC(=O)C=Cc3cc(Cl)ccc3-n3cnnn3)[nH]c2Cl)ccc1N. The molecule has 0 fully saturated rings. The third-order valence-corrected chi connectivity index (χ3v) is 6.85. The Balaban J connectivity index is 1.44. The predicted molar refractivity (Wildman–Crippen MR) is 159 cm³/mol. The lowest BCUT2D eigenvalue weighted by molar-refractivity contribution is -0.117. The van der Waals surface area contributed by atoms with Crippen LogP contribution < -0.4 is 11.1 Å². The van der Waals surface area contributed by atoms with Gasteiger partial charge in [0.2, 0.25) is 5.91 Å². The van der Waals surface area contributed by atoms with E-state index in [0.717, 1.165) is 5.56 Å². The first kappa shape index (κ1) is 28.5. The van der Waals surface area contributed by atoms with Gasteiger partial charge in [-0.3, -0.25) is 4.79 Å². The molecular formula is C29H24Cl2N8O3. The molecule has 3 aromatic carbocycles. The molecule has 0 aliphatic rings. The van der Waals surface area contributed by atoms with Gasteiger partial charge in [-0.15, -0.1) is 5.10 Å². The van der Waals surface area contributed by atoms with Crippen LogP contribution in [0.25, 0.3) is 23.0 Å². The van der Waals surface area contributed by atoms with Gasteiger partial charge in [0.15, 0.2) is 0 Å². The van der Waals surface area contributed by atoms with E-state index in [0.29, 0.717) is 39.8 Å². The van der Waals surface area contributed by atoms with E-state index in [1.54, 1.807) is 42.5 Å². The van der Waals surface area contributed by atoms with Crippen LogP contribution in [0, 0.1) is 0 Å². The predicted octanol–water partition coefficient (Wildman–Crippen LogP) is 4.84. The van der Waals surface area contributed by atoms with Crippen molar-refractivity contribution in [2.24, 2.45) is 0 Å². The summed E-state index contributed by atoms with van der Waals surface area (Å²) in [5.41, 5.74) is 9.61. The first-order valence-electron chi connectivity index (χ1n) is 12.6. The van der Waals surface area contributed by atoms with Crippen molar-refractivity contribution < 1.29 is 14.3 Å². The number of H-pyrrole nitrogens is 1. The molecule has 13 heteroatoms. The normalized spacial score (nSPS) is 11.9. The number of tetrazole rings is 1.